The van der Waals surface area contributed by atoms with E-state index in [1.807, 2.05) is 44.2 Å². The molecule has 0 saturated heterocycles. The first-order chi connectivity index (χ1) is 8.11. The zero-order valence-corrected chi connectivity index (χ0v) is 10.9. The Labute approximate surface area is 106 Å². The van der Waals surface area contributed by atoms with Gasteiger partial charge >= 0.3 is 0 Å². The summed E-state index contributed by atoms with van der Waals surface area (Å²) in [7, 11) is 1.67. The number of hydrogen-bond acceptors (Lipinski definition) is 2. The fourth-order valence-corrected chi connectivity index (χ4v) is 1.98. The third-order valence-corrected chi connectivity index (χ3v) is 2.96. The normalized spacial score (nSPS) is 10.4. The highest BCUT2D eigenvalue weighted by molar-refractivity contribution is 6.33. The number of pyridine rings is 1. The third-order valence-electron chi connectivity index (χ3n) is 2.65. The van der Waals surface area contributed by atoms with E-state index in [4.69, 9.17) is 16.3 Å². The van der Waals surface area contributed by atoms with Gasteiger partial charge < -0.3 is 4.74 Å². The van der Waals surface area contributed by atoms with Crippen LogP contribution in [-0.2, 0) is 0 Å². The fourth-order valence-electron chi connectivity index (χ4n) is 1.77. The number of ether oxygens (including phenoxy) is 1. The molecule has 0 N–H and O–H groups in total. The topological polar surface area (TPSA) is 22.1 Å². The molecule has 0 saturated carbocycles. The van der Waals surface area contributed by atoms with Gasteiger partial charge in [-0.1, -0.05) is 11.6 Å². The molecule has 0 unspecified atom stereocenters. The van der Waals surface area contributed by atoms with E-state index in [0.717, 1.165) is 28.3 Å². The number of benzene rings is 1. The Kier molecular flexibility index (Phi) is 3.34. The van der Waals surface area contributed by atoms with Gasteiger partial charge in [-0.15, -0.1) is 0 Å². The second-order valence-electron chi connectivity index (χ2n) is 3.97. The standard InChI is InChI=1S/C14H14ClNO/c1-9-8-11(5-7-13(9)17-3)14-12(15)6-4-10(2)16-14/h4-8H,1-3H3. The molecule has 0 atom stereocenters. The first-order valence-electron chi connectivity index (χ1n) is 5.40. The van der Waals surface area contributed by atoms with Crippen molar-refractivity contribution in [3.63, 3.8) is 0 Å². The SMILES string of the molecule is COc1ccc(-c2nc(C)ccc2Cl)cc1C. The molecule has 0 aliphatic heterocycles. The number of aromatic nitrogens is 1. The van der Waals surface area contributed by atoms with Crippen LogP contribution in [0.15, 0.2) is 30.3 Å². The van der Waals surface area contributed by atoms with Crippen LogP contribution in [0.3, 0.4) is 0 Å². The van der Waals surface area contributed by atoms with Crippen molar-refractivity contribution in [3.05, 3.63) is 46.6 Å². The fraction of sp³-hybridized carbons (Fsp3) is 0.214. The van der Waals surface area contributed by atoms with E-state index in [0.29, 0.717) is 5.02 Å². The van der Waals surface area contributed by atoms with E-state index < -0.39 is 0 Å². The Balaban J connectivity index is 2.53. The van der Waals surface area contributed by atoms with E-state index in [9.17, 15) is 0 Å². The minimum Gasteiger partial charge on any atom is -0.496 e. The predicted octanol–water partition coefficient (Wildman–Crippen LogP) is 4.03. The summed E-state index contributed by atoms with van der Waals surface area (Å²) in [4.78, 5) is 4.47. The molecular weight excluding hydrogens is 234 g/mol. The van der Waals surface area contributed by atoms with Gasteiger partial charge in [0.1, 0.15) is 5.75 Å². The van der Waals surface area contributed by atoms with Gasteiger partial charge in [0, 0.05) is 11.3 Å². The molecule has 2 rings (SSSR count). The molecule has 3 heteroatoms. The molecular formula is C14H14ClNO. The van der Waals surface area contributed by atoms with Gasteiger partial charge in [0.05, 0.1) is 17.8 Å². The molecule has 0 aliphatic rings. The highest BCUT2D eigenvalue weighted by Crippen LogP contribution is 2.29. The summed E-state index contributed by atoms with van der Waals surface area (Å²) in [6.45, 7) is 3.96. The van der Waals surface area contributed by atoms with Gasteiger partial charge in [0.2, 0.25) is 0 Å². The van der Waals surface area contributed by atoms with Crippen molar-refractivity contribution in [1.29, 1.82) is 0 Å². The number of methoxy groups -OCH3 is 1. The summed E-state index contributed by atoms with van der Waals surface area (Å²) in [6, 6.07) is 9.72. The van der Waals surface area contributed by atoms with Crippen LogP contribution in [0.4, 0.5) is 0 Å². The monoisotopic (exact) mass is 247 g/mol. The zero-order chi connectivity index (χ0) is 12.4. The van der Waals surface area contributed by atoms with Crippen molar-refractivity contribution >= 4 is 11.6 Å². The summed E-state index contributed by atoms with van der Waals surface area (Å²) in [5.74, 6) is 0.873. The Morgan fingerprint density at radius 3 is 2.53 bits per heavy atom. The third kappa shape index (κ3) is 2.42. The van der Waals surface area contributed by atoms with Crippen LogP contribution in [-0.4, -0.2) is 12.1 Å². The number of aryl methyl sites for hydroxylation is 2. The number of hydrogen-bond donors (Lipinski definition) is 0. The number of rotatable bonds is 2. The summed E-state index contributed by atoms with van der Waals surface area (Å²) < 4.78 is 5.24. The molecule has 1 aromatic heterocycles. The van der Waals surface area contributed by atoms with Crippen molar-refractivity contribution in [3.8, 4) is 17.0 Å². The van der Waals surface area contributed by atoms with Gasteiger partial charge in [0.15, 0.2) is 0 Å². The van der Waals surface area contributed by atoms with Gasteiger partial charge in [-0.25, -0.2) is 0 Å². The quantitative estimate of drug-likeness (QED) is 0.800. The molecule has 0 aliphatic carbocycles. The maximum Gasteiger partial charge on any atom is 0.121 e. The largest absolute Gasteiger partial charge is 0.496 e. The van der Waals surface area contributed by atoms with Crippen molar-refractivity contribution in [2.75, 3.05) is 7.11 Å². The van der Waals surface area contributed by atoms with E-state index in [-0.39, 0.29) is 0 Å². The molecule has 1 aromatic carbocycles. The van der Waals surface area contributed by atoms with E-state index in [1.165, 1.54) is 0 Å². The molecule has 17 heavy (non-hydrogen) atoms. The van der Waals surface area contributed by atoms with Gasteiger partial charge in [-0.3, -0.25) is 4.98 Å². The Hall–Kier alpha value is -1.54. The van der Waals surface area contributed by atoms with Crippen LogP contribution >= 0.6 is 11.6 Å². The number of halogens is 1. The summed E-state index contributed by atoms with van der Waals surface area (Å²) >= 11 is 6.16. The molecule has 0 amide bonds. The summed E-state index contributed by atoms with van der Waals surface area (Å²) in [5.41, 5.74) is 3.86. The van der Waals surface area contributed by atoms with Crippen LogP contribution in [0.25, 0.3) is 11.3 Å². The summed E-state index contributed by atoms with van der Waals surface area (Å²) in [6.07, 6.45) is 0. The second-order valence-corrected chi connectivity index (χ2v) is 4.37. The van der Waals surface area contributed by atoms with Crippen LogP contribution in [0, 0.1) is 13.8 Å². The molecule has 0 fully saturated rings. The lowest BCUT2D eigenvalue weighted by Crippen LogP contribution is -1.91. The lowest BCUT2D eigenvalue weighted by atomic mass is 10.1. The average molecular weight is 248 g/mol. The Morgan fingerprint density at radius 2 is 1.88 bits per heavy atom. The average Bonchev–Trinajstić information content (AvgIpc) is 2.32. The molecule has 2 nitrogen and oxygen atoms in total. The lowest BCUT2D eigenvalue weighted by Gasteiger charge is -2.08. The minimum absolute atomic E-state index is 0.667. The van der Waals surface area contributed by atoms with E-state index in [2.05, 4.69) is 4.98 Å². The zero-order valence-electron chi connectivity index (χ0n) is 10.1. The first-order valence-corrected chi connectivity index (χ1v) is 5.78. The number of nitrogens with zero attached hydrogens (tertiary/aromatic N) is 1. The minimum atomic E-state index is 0.667. The van der Waals surface area contributed by atoms with Crippen molar-refractivity contribution in [2.24, 2.45) is 0 Å². The molecule has 88 valence electrons. The smallest absolute Gasteiger partial charge is 0.121 e. The Bertz CT molecular complexity index is 552. The van der Waals surface area contributed by atoms with Crippen LogP contribution in [0.5, 0.6) is 5.75 Å². The molecule has 0 radical (unpaired) electrons. The van der Waals surface area contributed by atoms with Crippen LogP contribution in [0.2, 0.25) is 5.02 Å². The maximum absolute atomic E-state index is 6.16. The molecule has 0 bridgehead atoms. The first kappa shape index (κ1) is 11.9. The maximum atomic E-state index is 6.16. The molecule has 1 heterocycles. The van der Waals surface area contributed by atoms with Crippen LogP contribution < -0.4 is 4.74 Å². The second kappa shape index (κ2) is 4.76. The van der Waals surface area contributed by atoms with E-state index in [1.54, 1.807) is 7.11 Å². The van der Waals surface area contributed by atoms with Crippen molar-refractivity contribution in [1.82, 2.24) is 4.98 Å². The van der Waals surface area contributed by atoms with Gasteiger partial charge in [-0.05, 0) is 49.7 Å². The molecule has 0 spiro atoms. The van der Waals surface area contributed by atoms with Crippen LogP contribution in [0.1, 0.15) is 11.3 Å². The predicted molar refractivity (Wildman–Crippen MR) is 70.7 cm³/mol. The van der Waals surface area contributed by atoms with Gasteiger partial charge in [-0.2, -0.15) is 0 Å². The highest BCUT2D eigenvalue weighted by atomic mass is 35.5. The molecule has 2 aromatic rings. The Morgan fingerprint density at radius 1 is 1.12 bits per heavy atom. The lowest BCUT2D eigenvalue weighted by molar-refractivity contribution is 0.412. The van der Waals surface area contributed by atoms with Crippen molar-refractivity contribution in [2.45, 2.75) is 13.8 Å². The van der Waals surface area contributed by atoms with Gasteiger partial charge in [0.25, 0.3) is 0 Å². The van der Waals surface area contributed by atoms with Crippen molar-refractivity contribution < 1.29 is 4.74 Å². The highest BCUT2D eigenvalue weighted by Gasteiger charge is 2.07. The van der Waals surface area contributed by atoms with E-state index >= 15 is 0 Å². The summed E-state index contributed by atoms with van der Waals surface area (Å²) in [5, 5.41) is 0.667.